The lowest BCUT2D eigenvalue weighted by Gasteiger charge is -2.01. The molecule has 1 aromatic carbocycles. The fourth-order valence-electron chi connectivity index (χ4n) is 1.22. The Morgan fingerprint density at radius 3 is 2.88 bits per heavy atom. The third kappa shape index (κ3) is 3.89. The predicted octanol–water partition coefficient (Wildman–Crippen LogP) is 1.55. The van der Waals surface area contributed by atoms with Crippen molar-refractivity contribution in [3.63, 3.8) is 0 Å². The molecule has 0 bridgehead atoms. The Morgan fingerprint density at radius 2 is 2.24 bits per heavy atom. The van der Waals surface area contributed by atoms with E-state index in [1.54, 1.807) is 24.3 Å². The quantitative estimate of drug-likeness (QED) is 0.639. The number of ether oxygens (including phenoxy) is 1. The summed E-state index contributed by atoms with van der Waals surface area (Å²) >= 11 is 0. The molecule has 1 unspecified atom stereocenters. The molecule has 1 atom stereocenters. The lowest BCUT2D eigenvalue weighted by Crippen LogP contribution is -2.04. The lowest BCUT2D eigenvalue weighted by molar-refractivity contribution is 0.0600. The molecule has 0 heterocycles. The van der Waals surface area contributed by atoms with E-state index in [9.17, 15) is 9.18 Å². The van der Waals surface area contributed by atoms with Gasteiger partial charge < -0.3 is 9.84 Å². The van der Waals surface area contributed by atoms with Crippen LogP contribution in [0.1, 0.15) is 22.3 Å². The summed E-state index contributed by atoms with van der Waals surface area (Å²) < 4.78 is 17.6. The minimum Gasteiger partial charge on any atom is -0.465 e. The molecular weight excluding hydrogens is 223 g/mol. The van der Waals surface area contributed by atoms with Gasteiger partial charge in [-0.15, -0.1) is 0 Å². The molecule has 0 amide bonds. The highest BCUT2D eigenvalue weighted by Gasteiger charge is 2.09. The number of hydrogen-bond donors (Lipinski definition) is 1. The standard InChI is InChI=1S/C13H13FO3/c1-17-13(16)12-5-3-2-4-10(12)6-7-11(14)8-9-15/h2-5,11,15H,8-9H2,1H3. The highest BCUT2D eigenvalue weighted by molar-refractivity contribution is 5.92. The summed E-state index contributed by atoms with van der Waals surface area (Å²) in [4.78, 5) is 11.4. The maximum atomic E-state index is 13.1. The van der Waals surface area contributed by atoms with Gasteiger partial charge in [-0.3, -0.25) is 0 Å². The molecule has 17 heavy (non-hydrogen) atoms. The first-order valence-electron chi connectivity index (χ1n) is 5.13. The fourth-order valence-corrected chi connectivity index (χ4v) is 1.22. The van der Waals surface area contributed by atoms with Crippen molar-refractivity contribution in [1.29, 1.82) is 0 Å². The minimum absolute atomic E-state index is 0.0343. The van der Waals surface area contributed by atoms with Gasteiger partial charge in [-0.2, -0.15) is 0 Å². The van der Waals surface area contributed by atoms with E-state index in [-0.39, 0.29) is 13.0 Å². The van der Waals surface area contributed by atoms with Crippen LogP contribution in [0, 0.1) is 11.8 Å². The molecule has 0 spiro atoms. The SMILES string of the molecule is COC(=O)c1ccccc1C#CC(F)CCO. The second-order valence-electron chi connectivity index (χ2n) is 3.29. The number of hydrogen-bond acceptors (Lipinski definition) is 3. The van der Waals surface area contributed by atoms with Crippen LogP contribution in [0.25, 0.3) is 0 Å². The summed E-state index contributed by atoms with van der Waals surface area (Å²) in [6, 6.07) is 6.56. The number of methoxy groups -OCH3 is 1. The lowest BCUT2D eigenvalue weighted by atomic mass is 10.1. The second kappa shape index (κ2) is 6.66. The normalized spacial score (nSPS) is 11.2. The summed E-state index contributed by atoms with van der Waals surface area (Å²) in [5.41, 5.74) is 0.721. The molecule has 0 radical (unpaired) electrons. The van der Waals surface area contributed by atoms with Crippen LogP contribution in [0.3, 0.4) is 0 Å². The number of alkyl halides is 1. The molecule has 90 valence electrons. The zero-order chi connectivity index (χ0) is 12.7. The zero-order valence-corrected chi connectivity index (χ0v) is 9.44. The van der Waals surface area contributed by atoms with E-state index in [0.29, 0.717) is 11.1 Å². The fraction of sp³-hybridized carbons (Fsp3) is 0.308. The summed E-state index contributed by atoms with van der Waals surface area (Å²) in [6.07, 6.45) is -1.43. The molecule has 1 rings (SSSR count). The van der Waals surface area contributed by atoms with Gasteiger partial charge in [-0.05, 0) is 12.1 Å². The first-order chi connectivity index (χ1) is 8.19. The van der Waals surface area contributed by atoms with Crippen LogP contribution in [0.15, 0.2) is 24.3 Å². The van der Waals surface area contributed by atoms with Crippen molar-refractivity contribution in [3.8, 4) is 11.8 Å². The molecule has 0 saturated carbocycles. The van der Waals surface area contributed by atoms with Crippen LogP contribution in [0.4, 0.5) is 4.39 Å². The van der Waals surface area contributed by atoms with Crippen LogP contribution in [0.5, 0.6) is 0 Å². The molecule has 3 nitrogen and oxygen atoms in total. The minimum atomic E-state index is -1.40. The number of esters is 1. The van der Waals surface area contributed by atoms with E-state index in [1.807, 2.05) is 0 Å². The Hall–Kier alpha value is -1.86. The van der Waals surface area contributed by atoms with Crippen LogP contribution in [-0.4, -0.2) is 31.0 Å². The second-order valence-corrected chi connectivity index (χ2v) is 3.29. The number of halogens is 1. The van der Waals surface area contributed by atoms with Crippen molar-refractivity contribution in [1.82, 2.24) is 0 Å². The molecule has 0 aromatic heterocycles. The van der Waals surface area contributed by atoms with Gasteiger partial charge in [-0.25, -0.2) is 9.18 Å². The number of benzene rings is 1. The van der Waals surface area contributed by atoms with E-state index in [0.717, 1.165) is 0 Å². The van der Waals surface area contributed by atoms with Gasteiger partial charge in [0.15, 0.2) is 6.17 Å². The third-order valence-corrected chi connectivity index (χ3v) is 2.08. The third-order valence-electron chi connectivity index (χ3n) is 2.08. The monoisotopic (exact) mass is 236 g/mol. The largest absolute Gasteiger partial charge is 0.465 e. The van der Waals surface area contributed by atoms with Crippen LogP contribution in [-0.2, 0) is 4.74 Å². The number of rotatable bonds is 3. The van der Waals surface area contributed by atoms with Crippen molar-refractivity contribution in [2.24, 2.45) is 0 Å². The summed E-state index contributed by atoms with van der Waals surface area (Å²) in [7, 11) is 1.27. The van der Waals surface area contributed by atoms with Crippen LogP contribution in [0.2, 0.25) is 0 Å². The Bertz CT molecular complexity index is 445. The van der Waals surface area contributed by atoms with E-state index >= 15 is 0 Å². The highest BCUT2D eigenvalue weighted by Crippen LogP contribution is 2.09. The maximum absolute atomic E-state index is 13.1. The molecule has 0 fully saturated rings. The molecule has 0 aliphatic rings. The summed E-state index contributed by atoms with van der Waals surface area (Å²) in [5, 5.41) is 8.53. The topological polar surface area (TPSA) is 46.5 Å². The molecular formula is C13H13FO3. The van der Waals surface area contributed by atoms with Gasteiger partial charge >= 0.3 is 5.97 Å². The van der Waals surface area contributed by atoms with Crippen molar-refractivity contribution in [3.05, 3.63) is 35.4 Å². The molecule has 4 heteroatoms. The van der Waals surface area contributed by atoms with E-state index in [1.165, 1.54) is 7.11 Å². The zero-order valence-electron chi connectivity index (χ0n) is 9.44. The molecule has 0 aliphatic carbocycles. The van der Waals surface area contributed by atoms with Gasteiger partial charge in [0.1, 0.15) is 0 Å². The molecule has 0 saturated heterocycles. The van der Waals surface area contributed by atoms with Crippen molar-refractivity contribution in [2.75, 3.05) is 13.7 Å². The van der Waals surface area contributed by atoms with Gasteiger partial charge in [0.25, 0.3) is 0 Å². The number of aliphatic hydroxyl groups is 1. The van der Waals surface area contributed by atoms with Gasteiger partial charge in [0.2, 0.25) is 0 Å². The van der Waals surface area contributed by atoms with Crippen LogP contribution < -0.4 is 0 Å². The van der Waals surface area contributed by atoms with Crippen molar-refractivity contribution >= 4 is 5.97 Å². The predicted molar refractivity (Wildman–Crippen MR) is 61.3 cm³/mol. The first-order valence-corrected chi connectivity index (χ1v) is 5.13. The average Bonchev–Trinajstić information content (AvgIpc) is 2.36. The Morgan fingerprint density at radius 1 is 1.53 bits per heavy atom. The Balaban J connectivity index is 2.94. The summed E-state index contributed by atoms with van der Waals surface area (Å²) in [6.45, 7) is -0.255. The maximum Gasteiger partial charge on any atom is 0.339 e. The molecule has 1 N–H and O–H groups in total. The number of carbonyl (C=O) groups is 1. The van der Waals surface area contributed by atoms with Crippen LogP contribution >= 0.6 is 0 Å². The molecule has 1 aromatic rings. The van der Waals surface area contributed by atoms with E-state index in [2.05, 4.69) is 16.6 Å². The smallest absolute Gasteiger partial charge is 0.339 e. The van der Waals surface area contributed by atoms with E-state index in [4.69, 9.17) is 5.11 Å². The van der Waals surface area contributed by atoms with Gasteiger partial charge in [0, 0.05) is 18.6 Å². The van der Waals surface area contributed by atoms with Gasteiger partial charge in [0.05, 0.1) is 12.7 Å². The van der Waals surface area contributed by atoms with Crippen molar-refractivity contribution in [2.45, 2.75) is 12.6 Å². The summed E-state index contributed by atoms with van der Waals surface area (Å²) in [5.74, 6) is 4.40. The van der Waals surface area contributed by atoms with Crippen molar-refractivity contribution < 1.29 is 19.0 Å². The Kier molecular flexibility index (Phi) is 5.18. The van der Waals surface area contributed by atoms with E-state index < -0.39 is 12.1 Å². The van der Waals surface area contributed by atoms with Gasteiger partial charge in [-0.1, -0.05) is 24.0 Å². The first kappa shape index (κ1) is 13.2. The highest BCUT2D eigenvalue weighted by atomic mass is 19.1. The number of carbonyl (C=O) groups excluding carboxylic acids is 1. The molecule has 0 aliphatic heterocycles. The number of aliphatic hydroxyl groups excluding tert-OH is 1. The Labute approximate surface area is 99.2 Å². The average molecular weight is 236 g/mol.